The van der Waals surface area contributed by atoms with Gasteiger partial charge in [0.1, 0.15) is 5.76 Å². The van der Waals surface area contributed by atoms with Gasteiger partial charge in [-0.05, 0) is 37.0 Å². The minimum absolute atomic E-state index is 0.0875. The fourth-order valence-corrected chi connectivity index (χ4v) is 5.16. The van der Waals surface area contributed by atoms with Crippen molar-refractivity contribution in [1.29, 1.82) is 0 Å². The number of anilines is 2. The van der Waals surface area contributed by atoms with Crippen LogP contribution in [0.1, 0.15) is 31.7 Å². The smallest absolute Gasteiger partial charge is 0.226 e. The summed E-state index contributed by atoms with van der Waals surface area (Å²) in [6.07, 6.45) is 8.33. The molecular weight excluding hydrogens is 450 g/mol. The van der Waals surface area contributed by atoms with Crippen LogP contribution in [0, 0.1) is 11.8 Å². The van der Waals surface area contributed by atoms with Gasteiger partial charge in [-0.1, -0.05) is 49.9 Å². The first-order chi connectivity index (χ1) is 17.4. The highest BCUT2D eigenvalue weighted by molar-refractivity contribution is 6.00. The highest BCUT2D eigenvalue weighted by Crippen LogP contribution is 2.53. The largest absolute Gasteiger partial charge is 0.442 e. The van der Waals surface area contributed by atoms with Crippen LogP contribution in [-0.2, 0) is 4.74 Å². The molecule has 7 heteroatoms. The number of benzene rings is 1. The van der Waals surface area contributed by atoms with Crippen molar-refractivity contribution in [1.82, 2.24) is 4.98 Å². The van der Waals surface area contributed by atoms with Gasteiger partial charge in [0, 0.05) is 42.7 Å². The summed E-state index contributed by atoms with van der Waals surface area (Å²) in [5.74, 6) is 2.59. The first-order valence-corrected chi connectivity index (χ1v) is 12.7. The van der Waals surface area contributed by atoms with Gasteiger partial charge in [0.25, 0.3) is 0 Å². The van der Waals surface area contributed by atoms with Gasteiger partial charge < -0.3 is 25.8 Å². The monoisotopic (exact) mass is 485 g/mol. The van der Waals surface area contributed by atoms with Crippen LogP contribution in [0.5, 0.6) is 0 Å². The quantitative estimate of drug-likeness (QED) is 0.544. The molecule has 1 aliphatic carbocycles. The number of hydrogen-bond donors (Lipinski definition) is 3. The van der Waals surface area contributed by atoms with Crippen LogP contribution in [0.15, 0.2) is 89.5 Å². The number of piperidine rings is 1. The molecule has 2 fully saturated rings. The summed E-state index contributed by atoms with van der Waals surface area (Å²) >= 11 is 0. The van der Waals surface area contributed by atoms with Gasteiger partial charge in [0.15, 0.2) is 0 Å². The van der Waals surface area contributed by atoms with Gasteiger partial charge in [0.2, 0.25) is 5.90 Å². The van der Waals surface area contributed by atoms with E-state index in [0.29, 0.717) is 36.5 Å². The fourth-order valence-electron chi connectivity index (χ4n) is 5.16. The van der Waals surface area contributed by atoms with E-state index in [9.17, 15) is 5.11 Å². The number of aromatic nitrogens is 1. The Hall–Kier alpha value is -3.42. The number of nitrogens with zero attached hydrogens (tertiary/aromatic N) is 3. The molecule has 1 aromatic heterocycles. The second-order valence-electron chi connectivity index (χ2n) is 10.0. The third kappa shape index (κ3) is 5.08. The molecular formula is C29H35N5O2. The predicted octanol–water partition coefficient (Wildman–Crippen LogP) is 4.21. The highest BCUT2D eigenvalue weighted by atomic mass is 16.5. The zero-order valence-corrected chi connectivity index (χ0v) is 21.0. The van der Waals surface area contributed by atoms with Crippen LogP contribution < -0.4 is 16.0 Å². The molecule has 188 valence electrons. The number of aliphatic hydroxyl groups is 1. The summed E-state index contributed by atoms with van der Waals surface area (Å²) in [5.41, 5.74) is 11.1. The molecule has 3 aliphatic rings. The Balaban J connectivity index is 1.22. The number of allylic oxidation sites excluding steroid dienone is 2. The molecule has 0 amide bonds. The number of ether oxygens (including phenoxy) is 1. The van der Waals surface area contributed by atoms with Crippen LogP contribution in [0.25, 0.3) is 0 Å². The lowest BCUT2D eigenvalue weighted by molar-refractivity contribution is 0.0785. The average molecular weight is 486 g/mol. The molecule has 4 N–H and O–H groups in total. The maximum Gasteiger partial charge on any atom is 0.226 e. The Bertz CT molecular complexity index is 1190. The van der Waals surface area contributed by atoms with Gasteiger partial charge in [-0.25, -0.2) is 4.99 Å². The van der Waals surface area contributed by atoms with Gasteiger partial charge in [-0.15, -0.1) is 0 Å². The summed E-state index contributed by atoms with van der Waals surface area (Å²) < 4.78 is 6.21. The first-order valence-electron chi connectivity index (χ1n) is 12.7. The average Bonchev–Trinajstić information content (AvgIpc) is 3.60. The molecule has 5 rings (SSSR count). The van der Waals surface area contributed by atoms with Crippen molar-refractivity contribution < 1.29 is 9.84 Å². The predicted molar refractivity (Wildman–Crippen MR) is 145 cm³/mol. The molecule has 2 aliphatic heterocycles. The van der Waals surface area contributed by atoms with Crippen molar-refractivity contribution in [2.45, 2.75) is 38.3 Å². The Morgan fingerprint density at radius 1 is 1.28 bits per heavy atom. The summed E-state index contributed by atoms with van der Waals surface area (Å²) in [6, 6.07) is 12.3. The maximum absolute atomic E-state index is 10.2. The maximum atomic E-state index is 10.2. The number of aliphatic hydroxyl groups excluding tert-OH is 1. The first kappa shape index (κ1) is 24.3. The number of aliphatic imine (C=N–C) groups is 1. The minimum Gasteiger partial charge on any atom is -0.442 e. The number of nitrogens with two attached hydrogens (primary N) is 1. The molecule has 1 saturated carbocycles. The lowest BCUT2D eigenvalue weighted by Gasteiger charge is -2.40. The van der Waals surface area contributed by atoms with E-state index < -0.39 is 6.10 Å². The molecule has 0 bridgehead atoms. The second kappa shape index (κ2) is 10.3. The lowest BCUT2D eigenvalue weighted by Crippen LogP contribution is -2.55. The van der Waals surface area contributed by atoms with Crippen LogP contribution in [0.2, 0.25) is 0 Å². The van der Waals surface area contributed by atoms with E-state index >= 15 is 0 Å². The summed E-state index contributed by atoms with van der Waals surface area (Å²) in [6.45, 7) is 9.95. The molecule has 3 heterocycles. The normalized spacial score (nSPS) is 29.7. The third-order valence-corrected chi connectivity index (χ3v) is 7.30. The van der Waals surface area contributed by atoms with E-state index in [1.54, 1.807) is 12.4 Å². The third-order valence-electron chi connectivity index (χ3n) is 7.30. The van der Waals surface area contributed by atoms with E-state index in [1.807, 2.05) is 26.0 Å². The van der Waals surface area contributed by atoms with E-state index in [-0.39, 0.29) is 12.0 Å². The number of nitrogens with one attached hydrogen (secondary N) is 1. The Labute approximate surface area is 213 Å². The Morgan fingerprint density at radius 2 is 2.08 bits per heavy atom. The van der Waals surface area contributed by atoms with E-state index in [2.05, 4.69) is 58.2 Å². The zero-order valence-electron chi connectivity index (χ0n) is 21.0. The number of rotatable bonds is 7. The van der Waals surface area contributed by atoms with Crippen molar-refractivity contribution in [3.63, 3.8) is 0 Å². The van der Waals surface area contributed by atoms with Gasteiger partial charge >= 0.3 is 0 Å². The molecule has 0 unspecified atom stereocenters. The van der Waals surface area contributed by atoms with Crippen molar-refractivity contribution in [2.75, 3.05) is 29.9 Å². The van der Waals surface area contributed by atoms with E-state index in [4.69, 9.17) is 15.5 Å². The molecule has 0 radical (unpaired) electrons. The molecule has 1 aromatic carbocycles. The van der Waals surface area contributed by atoms with Crippen LogP contribution in [0.3, 0.4) is 0 Å². The zero-order chi connectivity index (χ0) is 25.2. The SMILES string of the molecule is C=C(CNc1cnccc1N1C[C@@H](N)[C@H](O)[C@@H](C)C1)N=C1OC([C@@H]2C[C@H]2c2ccccc2)=C/C1=C/C. The summed E-state index contributed by atoms with van der Waals surface area (Å²) in [7, 11) is 0. The summed E-state index contributed by atoms with van der Waals surface area (Å²) in [4.78, 5) is 11.2. The van der Waals surface area contributed by atoms with E-state index in [1.165, 1.54) is 5.56 Å². The fraction of sp³-hybridized carbons (Fsp3) is 0.379. The van der Waals surface area contributed by atoms with Gasteiger partial charge in [0.05, 0.1) is 35.9 Å². The number of hydrogen-bond acceptors (Lipinski definition) is 7. The van der Waals surface area contributed by atoms with Crippen LogP contribution >= 0.6 is 0 Å². The highest BCUT2D eigenvalue weighted by Gasteiger charge is 2.44. The second-order valence-corrected chi connectivity index (χ2v) is 10.0. The topological polar surface area (TPSA) is 96.0 Å². The molecule has 2 aromatic rings. The number of pyridine rings is 1. The van der Waals surface area contributed by atoms with Gasteiger partial charge in [-0.2, -0.15) is 0 Å². The van der Waals surface area contributed by atoms with Crippen molar-refractivity contribution in [3.05, 3.63) is 90.1 Å². The van der Waals surface area contributed by atoms with Crippen LogP contribution in [0.4, 0.5) is 11.4 Å². The lowest BCUT2D eigenvalue weighted by atomic mass is 9.92. The molecule has 1 saturated heterocycles. The molecule has 0 spiro atoms. The summed E-state index contributed by atoms with van der Waals surface area (Å²) in [5, 5.41) is 13.7. The minimum atomic E-state index is -0.487. The van der Waals surface area contributed by atoms with Gasteiger partial charge in [-0.3, -0.25) is 4.98 Å². The van der Waals surface area contributed by atoms with E-state index in [0.717, 1.165) is 35.7 Å². The van der Waals surface area contributed by atoms with Crippen LogP contribution in [-0.4, -0.2) is 47.8 Å². The Morgan fingerprint density at radius 3 is 2.83 bits per heavy atom. The van der Waals surface area contributed by atoms with Crippen molar-refractivity contribution >= 4 is 17.3 Å². The standard InChI is InChI=1S/C29H35N5O2/c1-4-20-12-27(23-13-22(23)21-8-6-5-7-9-21)36-29(20)33-19(3)14-32-25-15-31-11-10-26(25)34-16-18(2)28(35)24(30)17-34/h4-12,15,18,22-24,28,32,35H,3,13-14,16-17,30H2,1-2H3/b20-4-,33-29?/t18-,22-,23+,24+,28+/m0/s1. The van der Waals surface area contributed by atoms with Crippen molar-refractivity contribution in [2.24, 2.45) is 22.6 Å². The molecule has 7 nitrogen and oxygen atoms in total. The molecule has 5 atom stereocenters. The van der Waals surface area contributed by atoms with Crippen molar-refractivity contribution in [3.8, 4) is 0 Å². The molecule has 36 heavy (non-hydrogen) atoms. The Kier molecular flexibility index (Phi) is 6.94.